The van der Waals surface area contributed by atoms with Crippen LogP contribution >= 0.6 is 0 Å². The number of hydrogen-bond donors (Lipinski definition) is 2. The van der Waals surface area contributed by atoms with E-state index in [1.165, 1.54) is 0 Å². The van der Waals surface area contributed by atoms with E-state index in [-0.39, 0.29) is 0 Å². The molecule has 34 heavy (non-hydrogen) atoms. The average molecular weight is 443 g/mol. The van der Waals surface area contributed by atoms with E-state index in [0.29, 0.717) is 11.3 Å². The SMILES string of the molecule is C=CC(=C)Nc1cc(-c2cnc3[nH]cc(-c4cccc(C#N)c4)c3c2)cc(-c2cnn(C)c2)c1. The van der Waals surface area contributed by atoms with Gasteiger partial charge in [0, 0.05) is 59.1 Å². The molecule has 0 unspecified atom stereocenters. The van der Waals surface area contributed by atoms with Gasteiger partial charge in [-0.25, -0.2) is 4.98 Å². The molecule has 0 atom stereocenters. The van der Waals surface area contributed by atoms with E-state index in [4.69, 9.17) is 0 Å². The Hall–Kier alpha value is -4.89. The van der Waals surface area contributed by atoms with E-state index >= 15 is 0 Å². The first-order valence-corrected chi connectivity index (χ1v) is 10.7. The molecule has 6 nitrogen and oxygen atoms in total. The van der Waals surface area contributed by atoms with Gasteiger partial charge in [0.1, 0.15) is 5.65 Å². The van der Waals surface area contributed by atoms with Crippen molar-refractivity contribution in [3.63, 3.8) is 0 Å². The Morgan fingerprint density at radius 3 is 2.62 bits per heavy atom. The Bertz CT molecular complexity index is 1600. The lowest BCUT2D eigenvalue weighted by Gasteiger charge is -2.12. The van der Waals surface area contributed by atoms with Crippen LogP contribution in [0.2, 0.25) is 0 Å². The summed E-state index contributed by atoms with van der Waals surface area (Å²) in [5.41, 5.74) is 9.03. The molecule has 0 aliphatic heterocycles. The van der Waals surface area contributed by atoms with Gasteiger partial charge >= 0.3 is 0 Å². The molecule has 0 saturated heterocycles. The lowest BCUT2D eigenvalue weighted by Crippen LogP contribution is -1.96. The molecule has 5 rings (SSSR count). The highest BCUT2D eigenvalue weighted by molar-refractivity contribution is 5.96. The van der Waals surface area contributed by atoms with Crippen molar-refractivity contribution in [3.05, 3.63) is 104 Å². The first-order valence-electron chi connectivity index (χ1n) is 10.7. The van der Waals surface area contributed by atoms with Crippen LogP contribution in [0, 0.1) is 11.3 Å². The number of nitrogens with zero attached hydrogens (tertiary/aromatic N) is 4. The molecule has 3 aromatic heterocycles. The number of aryl methyl sites for hydroxylation is 1. The van der Waals surface area contributed by atoms with Gasteiger partial charge in [-0.15, -0.1) is 0 Å². The summed E-state index contributed by atoms with van der Waals surface area (Å²) in [5, 5.41) is 17.9. The number of pyridine rings is 1. The number of rotatable bonds is 6. The summed E-state index contributed by atoms with van der Waals surface area (Å²) in [5.74, 6) is 0. The number of nitriles is 1. The van der Waals surface area contributed by atoms with E-state index in [9.17, 15) is 5.26 Å². The molecule has 0 amide bonds. The molecular weight excluding hydrogens is 420 g/mol. The quantitative estimate of drug-likeness (QED) is 0.303. The molecule has 164 valence electrons. The number of aromatic nitrogens is 4. The third kappa shape index (κ3) is 3.98. The molecule has 5 aromatic rings. The molecule has 0 aliphatic carbocycles. The van der Waals surface area contributed by atoms with Gasteiger partial charge < -0.3 is 10.3 Å². The van der Waals surface area contributed by atoms with Crippen LogP contribution in [0.25, 0.3) is 44.4 Å². The highest BCUT2D eigenvalue weighted by Gasteiger charge is 2.12. The number of hydrogen-bond acceptors (Lipinski definition) is 4. The van der Waals surface area contributed by atoms with Gasteiger partial charge in [-0.2, -0.15) is 10.4 Å². The minimum absolute atomic E-state index is 0.623. The maximum atomic E-state index is 9.30. The molecule has 2 N–H and O–H groups in total. The van der Waals surface area contributed by atoms with E-state index in [1.807, 2.05) is 50.0 Å². The number of allylic oxidation sites excluding steroid dienone is 1. The molecule has 0 fully saturated rings. The van der Waals surface area contributed by atoms with E-state index in [2.05, 4.69) is 63.9 Å². The van der Waals surface area contributed by atoms with Crippen LogP contribution in [-0.2, 0) is 7.05 Å². The van der Waals surface area contributed by atoms with Crippen molar-refractivity contribution < 1.29 is 0 Å². The van der Waals surface area contributed by atoms with Crippen LogP contribution in [0.1, 0.15) is 5.56 Å². The number of nitrogens with one attached hydrogen (secondary N) is 2. The van der Waals surface area contributed by atoms with Crippen molar-refractivity contribution in [2.75, 3.05) is 5.32 Å². The second-order valence-corrected chi connectivity index (χ2v) is 8.07. The predicted octanol–water partition coefficient (Wildman–Crippen LogP) is 6.28. The number of benzene rings is 2. The Morgan fingerprint density at radius 2 is 1.88 bits per heavy atom. The lowest BCUT2D eigenvalue weighted by molar-refractivity contribution is 0.768. The zero-order valence-corrected chi connectivity index (χ0v) is 18.7. The van der Waals surface area contributed by atoms with Gasteiger partial charge in [-0.05, 0) is 59.2 Å². The minimum atomic E-state index is 0.623. The Balaban J connectivity index is 1.65. The van der Waals surface area contributed by atoms with Crippen molar-refractivity contribution >= 4 is 16.7 Å². The van der Waals surface area contributed by atoms with Crippen LogP contribution < -0.4 is 5.32 Å². The molecule has 0 aliphatic rings. The lowest BCUT2D eigenvalue weighted by atomic mass is 9.98. The van der Waals surface area contributed by atoms with Gasteiger partial charge in [0.05, 0.1) is 17.8 Å². The van der Waals surface area contributed by atoms with Gasteiger partial charge in [0.15, 0.2) is 0 Å². The fraction of sp³-hybridized carbons (Fsp3) is 0.0357. The number of aromatic amines is 1. The summed E-state index contributed by atoms with van der Waals surface area (Å²) < 4.78 is 1.78. The molecule has 3 heterocycles. The Kier molecular flexibility index (Phi) is 5.29. The number of anilines is 1. The van der Waals surface area contributed by atoms with E-state index < -0.39 is 0 Å². The maximum absolute atomic E-state index is 9.30. The molecule has 0 radical (unpaired) electrons. The molecular formula is C28H22N6. The van der Waals surface area contributed by atoms with Crippen molar-refractivity contribution in [1.82, 2.24) is 19.7 Å². The second kappa shape index (κ2) is 8.57. The third-order valence-corrected chi connectivity index (χ3v) is 5.69. The van der Waals surface area contributed by atoms with Crippen molar-refractivity contribution in [2.24, 2.45) is 7.05 Å². The molecule has 0 bridgehead atoms. The van der Waals surface area contributed by atoms with Crippen LogP contribution in [0.4, 0.5) is 5.69 Å². The van der Waals surface area contributed by atoms with Crippen molar-refractivity contribution in [2.45, 2.75) is 0 Å². The highest BCUT2D eigenvalue weighted by Crippen LogP contribution is 2.34. The fourth-order valence-corrected chi connectivity index (χ4v) is 4.00. The summed E-state index contributed by atoms with van der Waals surface area (Å²) >= 11 is 0. The average Bonchev–Trinajstić information content (AvgIpc) is 3.49. The van der Waals surface area contributed by atoms with Crippen LogP contribution in [0.5, 0.6) is 0 Å². The van der Waals surface area contributed by atoms with Gasteiger partial charge in [-0.1, -0.05) is 25.3 Å². The minimum Gasteiger partial charge on any atom is -0.356 e. The largest absolute Gasteiger partial charge is 0.356 e. The van der Waals surface area contributed by atoms with Gasteiger partial charge in [0.2, 0.25) is 0 Å². The Morgan fingerprint density at radius 1 is 1.06 bits per heavy atom. The highest BCUT2D eigenvalue weighted by atomic mass is 15.2. The van der Waals surface area contributed by atoms with Crippen LogP contribution in [0.3, 0.4) is 0 Å². The summed E-state index contributed by atoms with van der Waals surface area (Å²) in [7, 11) is 1.90. The molecule has 6 heteroatoms. The number of H-pyrrole nitrogens is 1. The maximum Gasteiger partial charge on any atom is 0.137 e. The second-order valence-electron chi connectivity index (χ2n) is 8.07. The Labute approximate surface area is 197 Å². The van der Waals surface area contributed by atoms with Gasteiger partial charge in [0.25, 0.3) is 0 Å². The standard InChI is InChI=1S/C28H22N6/c1-4-18(2)33-25-10-21(9-22(11-25)24-15-32-34(3)17-24)23-12-26-27(16-31-28(26)30-14-23)20-7-5-6-19(8-20)13-29/h4-12,14-17,33H,1-2H2,3H3,(H,30,31). The van der Waals surface area contributed by atoms with Crippen molar-refractivity contribution in [1.29, 1.82) is 5.26 Å². The number of fused-ring (bicyclic) bond motifs is 1. The summed E-state index contributed by atoms with van der Waals surface area (Å²) in [4.78, 5) is 7.92. The van der Waals surface area contributed by atoms with E-state index in [0.717, 1.165) is 50.1 Å². The van der Waals surface area contributed by atoms with Crippen LogP contribution in [0.15, 0.2) is 98.2 Å². The van der Waals surface area contributed by atoms with Gasteiger partial charge in [-0.3, -0.25) is 4.68 Å². The molecule has 0 saturated carbocycles. The van der Waals surface area contributed by atoms with E-state index in [1.54, 1.807) is 16.8 Å². The third-order valence-electron chi connectivity index (χ3n) is 5.69. The molecule has 0 spiro atoms. The zero-order chi connectivity index (χ0) is 23.7. The topological polar surface area (TPSA) is 82.3 Å². The summed E-state index contributed by atoms with van der Waals surface area (Å²) in [6, 6.07) is 18.2. The monoisotopic (exact) mass is 442 g/mol. The summed E-state index contributed by atoms with van der Waals surface area (Å²) in [6.45, 7) is 7.78. The first-order chi connectivity index (χ1) is 16.5. The fourth-order valence-electron chi connectivity index (χ4n) is 4.00. The van der Waals surface area contributed by atoms with Crippen molar-refractivity contribution in [3.8, 4) is 39.4 Å². The zero-order valence-electron chi connectivity index (χ0n) is 18.7. The normalized spacial score (nSPS) is 10.7. The smallest absolute Gasteiger partial charge is 0.137 e. The summed E-state index contributed by atoms with van der Waals surface area (Å²) in [6.07, 6.45) is 9.32. The predicted molar refractivity (Wildman–Crippen MR) is 137 cm³/mol. The molecule has 2 aromatic carbocycles. The van der Waals surface area contributed by atoms with Crippen LogP contribution in [-0.4, -0.2) is 19.7 Å². The first kappa shape index (κ1) is 21.0.